The Morgan fingerprint density at radius 1 is 1.00 bits per heavy atom. The van der Waals surface area contributed by atoms with E-state index in [1.807, 2.05) is 32.8 Å². The Morgan fingerprint density at radius 2 is 1.68 bits per heavy atom. The highest BCUT2D eigenvalue weighted by Crippen LogP contribution is 2.25. The number of rotatable bonds is 7. The largest absolute Gasteiger partial charge is 0.481 e. The summed E-state index contributed by atoms with van der Waals surface area (Å²) >= 11 is 0. The molecule has 0 bridgehead atoms. The van der Waals surface area contributed by atoms with E-state index in [0.29, 0.717) is 17.4 Å². The number of carbonyl (C=O) groups is 1. The molecule has 1 amide bonds. The first-order valence-corrected chi connectivity index (χ1v) is 10.5. The van der Waals surface area contributed by atoms with Crippen LogP contribution in [0.2, 0.25) is 0 Å². The molecule has 0 saturated heterocycles. The lowest BCUT2D eigenvalue weighted by Crippen LogP contribution is -2.40. The van der Waals surface area contributed by atoms with Crippen molar-refractivity contribution < 1.29 is 14.3 Å². The minimum Gasteiger partial charge on any atom is -0.481 e. The van der Waals surface area contributed by atoms with Crippen LogP contribution in [0.5, 0.6) is 11.8 Å². The summed E-state index contributed by atoms with van der Waals surface area (Å²) in [4.78, 5) is 28.2. The number of nitrogens with zero attached hydrogens (tertiary/aromatic N) is 4. The van der Waals surface area contributed by atoms with E-state index < -0.39 is 0 Å². The Morgan fingerprint density at radius 3 is 2.29 bits per heavy atom. The van der Waals surface area contributed by atoms with Crippen molar-refractivity contribution in [1.29, 1.82) is 0 Å². The van der Waals surface area contributed by atoms with E-state index in [2.05, 4.69) is 25.6 Å². The summed E-state index contributed by atoms with van der Waals surface area (Å²) in [5.41, 5.74) is 2.47. The van der Waals surface area contributed by atoms with Crippen LogP contribution in [0.1, 0.15) is 47.3 Å². The van der Waals surface area contributed by atoms with Crippen molar-refractivity contribution in [3.8, 4) is 11.8 Å². The van der Waals surface area contributed by atoms with E-state index in [-0.39, 0.29) is 23.9 Å². The zero-order chi connectivity index (χ0) is 22.5. The molecule has 0 unspecified atom stereocenters. The maximum atomic E-state index is 12.7. The molecule has 9 nitrogen and oxygen atoms in total. The van der Waals surface area contributed by atoms with E-state index in [0.717, 1.165) is 42.8 Å². The zero-order valence-corrected chi connectivity index (χ0v) is 19.2. The molecule has 1 fully saturated rings. The van der Waals surface area contributed by atoms with Gasteiger partial charge in [0.05, 0.1) is 14.2 Å². The number of pyridine rings is 1. The van der Waals surface area contributed by atoms with Crippen molar-refractivity contribution in [2.75, 3.05) is 38.5 Å². The first kappa shape index (κ1) is 22.6. The predicted octanol–water partition coefficient (Wildman–Crippen LogP) is 2.72. The van der Waals surface area contributed by atoms with Crippen molar-refractivity contribution in [3.05, 3.63) is 29.0 Å². The number of aromatic nitrogens is 3. The molecule has 1 aliphatic carbocycles. The van der Waals surface area contributed by atoms with E-state index in [1.165, 1.54) is 14.2 Å². The summed E-state index contributed by atoms with van der Waals surface area (Å²) in [6.45, 7) is 4.04. The van der Waals surface area contributed by atoms with Gasteiger partial charge >= 0.3 is 0 Å². The zero-order valence-electron chi connectivity index (χ0n) is 19.2. The van der Waals surface area contributed by atoms with Gasteiger partial charge in [0.25, 0.3) is 5.91 Å². The monoisotopic (exact) mass is 428 g/mol. The molecule has 2 aromatic rings. The second-order valence-electron chi connectivity index (χ2n) is 8.05. The van der Waals surface area contributed by atoms with Crippen LogP contribution in [0.4, 0.5) is 11.8 Å². The van der Waals surface area contributed by atoms with Gasteiger partial charge in [0.1, 0.15) is 11.4 Å². The molecule has 0 aromatic carbocycles. The minimum atomic E-state index is -0.184. The summed E-state index contributed by atoms with van der Waals surface area (Å²) in [7, 11) is 6.99. The van der Waals surface area contributed by atoms with Gasteiger partial charge in [0.15, 0.2) is 0 Å². The van der Waals surface area contributed by atoms with Crippen molar-refractivity contribution in [2.24, 2.45) is 0 Å². The Labute approximate surface area is 183 Å². The van der Waals surface area contributed by atoms with Gasteiger partial charge in [-0.2, -0.15) is 9.97 Å². The molecule has 0 spiro atoms. The van der Waals surface area contributed by atoms with Crippen LogP contribution in [0.15, 0.2) is 12.1 Å². The summed E-state index contributed by atoms with van der Waals surface area (Å²) in [6.07, 6.45) is 3.61. The Hall–Kier alpha value is -3.10. The standard InChI is InChI=1S/C22H32N6O3/c1-13-14(2)23-22(27-19(13)28(3)4)25-16-9-7-15(8-10-16)24-20(29)17-11-12-18(30-5)26-21(17)31-6/h11-12,15-16H,7-10H2,1-6H3,(H,24,29)(H,23,25,27). The molecule has 2 N–H and O–H groups in total. The molecule has 2 aromatic heterocycles. The van der Waals surface area contributed by atoms with Gasteiger partial charge in [-0.05, 0) is 45.6 Å². The Bertz CT molecular complexity index is 926. The van der Waals surface area contributed by atoms with Gasteiger partial charge in [-0.1, -0.05) is 0 Å². The molecule has 9 heteroatoms. The lowest BCUT2D eigenvalue weighted by molar-refractivity contribution is 0.0922. The molecule has 0 atom stereocenters. The first-order chi connectivity index (χ1) is 14.8. The second-order valence-corrected chi connectivity index (χ2v) is 8.05. The third kappa shape index (κ3) is 5.34. The number of aryl methyl sites for hydroxylation is 1. The second kappa shape index (κ2) is 9.80. The lowest BCUT2D eigenvalue weighted by Gasteiger charge is -2.30. The molecule has 2 heterocycles. The SMILES string of the molecule is COc1ccc(C(=O)NC2CCC(Nc3nc(C)c(C)c(N(C)C)n3)CC2)c(OC)n1. The van der Waals surface area contributed by atoms with Crippen molar-refractivity contribution in [2.45, 2.75) is 51.6 Å². The lowest BCUT2D eigenvalue weighted by atomic mass is 9.91. The fourth-order valence-electron chi connectivity index (χ4n) is 3.81. The van der Waals surface area contributed by atoms with Crippen LogP contribution in [-0.2, 0) is 0 Å². The molecule has 3 rings (SSSR count). The molecular weight excluding hydrogens is 396 g/mol. The fraction of sp³-hybridized carbons (Fsp3) is 0.545. The number of amides is 1. The summed E-state index contributed by atoms with van der Waals surface area (Å²) in [5.74, 6) is 2.07. The van der Waals surface area contributed by atoms with Gasteiger partial charge in [0.2, 0.25) is 17.7 Å². The van der Waals surface area contributed by atoms with Crippen LogP contribution >= 0.6 is 0 Å². The van der Waals surface area contributed by atoms with Crippen LogP contribution in [0.25, 0.3) is 0 Å². The highest BCUT2D eigenvalue weighted by Gasteiger charge is 2.25. The van der Waals surface area contributed by atoms with Gasteiger partial charge in [-0.25, -0.2) is 4.98 Å². The first-order valence-electron chi connectivity index (χ1n) is 10.5. The van der Waals surface area contributed by atoms with Crippen molar-refractivity contribution >= 4 is 17.7 Å². The predicted molar refractivity (Wildman–Crippen MR) is 120 cm³/mol. The Balaban J connectivity index is 1.57. The van der Waals surface area contributed by atoms with E-state index >= 15 is 0 Å². The Kier molecular flexibility index (Phi) is 7.14. The maximum absolute atomic E-state index is 12.7. The van der Waals surface area contributed by atoms with Gasteiger partial charge < -0.3 is 25.0 Å². The smallest absolute Gasteiger partial charge is 0.256 e. The number of nitrogens with one attached hydrogen (secondary N) is 2. The summed E-state index contributed by atoms with van der Waals surface area (Å²) in [5, 5.41) is 6.58. The van der Waals surface area contributed by atoms with Crippen molar-refractivity contribution in [3.63, 3.8) is 0 Å². The number of methoxy groups -OCH3 is 2. The van der Waals surface area contributed by atoms with Crippen LogP contribution in [-0.4, -0.2) is 61.3 Å². The van der Waals surface area contributed by atoms with E-state index in [4.69, 9.17) is 9.47 Å². The fourth-order valence-corrected chi connectivity index (χ4v) is 3.81. The molecule has 31 heavy (non-hydrogen) atoms. The van der Waals surface area contributed by atoms with Gasteiger partial charge in [-0.3, -0.25) is 4.79 Å². The highest BCUT2D eigenvalue weighted by atomic mass is 16.5. The van der Waals surface area contributed by atoms with E-state index in [9.17, 15) is 4.79 Å². The average Bonchev–Trinajstić information content (AvgIpc) is 2.76. The van der Waals surface area contributed by atoms with Crippen LogP contribution in [0, 0.1) is 13.8 Å². The van der Waals surface area contributed by atoms with Crippen molar-refractivity contribution in [1.82, 2.24) is 20.3 Å². The molecule has 0 radical (unpaired) electrons. The number of anilines is 2. The molecule has 0 aliphatic heterocycles. The van der Waals surface area contributed by atoms with Crippen LogP contribution < -0.4 is 25.0 Å². The minimum absolute atomic E-state index is 0.107. The number of hydrogen-bond acceptors (Lipinski definition) is 8. The average molecular weight is 429 g/mol. The summed E-state index contributed by atoms with van der Waals surface area (Å²) < 4.78 is 10.3. The van der Waals surface area contributed by atoms with Crippen LogP contribution in [0.3, 0.4) is 0 Å². The summed E-state index contributed by atoms with van der Waals surface area (Å²) in [6, 6.07) is 3.72. The maximum Gasteiger partial charge on any atom is 0.256 e. The third-order valence-corrected chi connectivity index (χ3v) is 5.66. The topological polar surface area (TPSA) is 102 Å². The number of ether oxygens (including phenoxy) is 2. The molecular formula is C22H32N6O3. The number of hydrogen-bond donors (Lipinski definition) is 2. The third-order valence-electron chi connectivity index (χ3n) is 5.66. The quantitative estimate of drug-likeness (QED) is 0.694. The van der Waals surface area contributed by atoms with Gasteiger partial charge in [0, 0.05) is 43.5 Å². The van der Waals surface area contributed by atoms with E-state index in [1.54, 1.807) is 12.1 Å². The molecule has 1 aliphatic rings. The highest BCUT2D eigenvalue weighted by molar-refractivity contribution is 5.96. The van der Waals surface area contributed by atoms with Gasteiger partial charge in [-0.15, -0.1) is 0 Å². The normalized spacial score (nSPS) is 18.3. The number of carbonyl (C=O) groups excluding carboxylic acids is 1. The molecule has 1 saturated carbocycles. The molecule has 168 valence electrons.